The summed E-state index contributed by atoms with van der Waals surface area (Å²) in [5.41, 5.74) is 0. The molecule has 0 aliphatic rings. The van der Waals surface area contributed by atoms with Gasteiger partial charge in [-0.3, -0.25) is 0 Å². The Bertz CT molecular complexity index is 108. The summed E-state index contributed by atoms with van der Waals surface area (Å²) in [5, 5.41) is 3.12. The molecule has 0 amide bonds. The van der Waals surface area contributed by atoms with Gasteiger partial charge < -0.3 is 8.85 Å². The van der Waals surface area contributed by atoms with E-state index < -0.39 is 0 Å². The van der Waals surface area contributed by atoms with Gasteiger partial charge in [-0.15, -0.1) is 11.6 Å². The summed E-state index contributed by atoms with van der Waals surface area (Å²) in [5.74, 6) is 0.717. The molecule has 0 aromatic rings. The summed E-state index contributed by atoms with van der Waals surface area (Å²) in [4.78, 5) is 0. The highest BCUT2D eigenvalue weighted by Crippen LogP contribution is 2.00. The lowest BCUT2D eigenvalue weighted by atomic mass is 10.5. The van der Waals surface area contributed by atoms with Gasteiger partial charge in [-0.2, -0.15) is 0 Å². The Morgan fingerprint density at radius 1 is 1.60 bits per heavy atom. The summed E-state index contributed by atoms with van der Waals surface area (Å²) in [6.07, 6.45) is 2.93. The summed E-state index contributed by atoms with van der Waals surface area (Å²) >= 11 is 9.76. The zero-order valence-electron chi connectivity index (χ0n) is 5.33. The molecule has 5 heteroatoms. The zero-order valence-corrected chi connectivity index (χ0v) is 10.4. The molecule has 60 valence electrons. The Labute approximate surface area is 93.8 Å². The van der Waals surface area contributed by atoms with Gasteiger partial charge in [0.2, 0.25) is 0 Å². The molecular weight excluding hydrogens is 377 g/mol. The minimum Gasteiger partial charge on any atom is -0.389 e. The molecule has 0 saturated carbocycles. The van der Waals surface area contributed by atoms with Gasteiger partial charge in [0, 0.05) is 18.6 Å². The van der Waals surface area contributed by atoms with Crippen molar-refractivity contribution in [3.8, 4) is 0 Å². The van der Waals surface area contributed by atoms with Crippen LogP contribution < -0.4 is 8.85 Å². The number of rotatable bonds is 5. The van der Waals surface area contributed by atoms with E-state index in [9.17, 15) is 0 Å². The Morgan fingerprint density at radius 2 is 2.30 bits per heavy atom. The lowest BCUT2D eigenvalue weighted by molar-refractivity contribution is 0.811. The van der Waals surface area contributed by atoms with Gasteiger partial charge in [0.25, 0.3) is 0 Å². The maximum atomic E-state index is 5.47. The normalized spacial score (nSPS) is 11.3. The van der Waals surface area contributed by atoms with Crippen LogP contribution in [0, 0.1) is 0 Å². The second-order valence-electron chi connectivity index (χ2n) is 1.58. The summed E-state index contributed by atoms with van der Waals surface area (Å²) in [6, 6.07) is 0. The first-order valence-electron chi connectivity index (χ1n) is 2.83. The lowest BCUT2D eigenvalue weighted by Gasteiger charge is -1.98. The van der Waals surface area contributed by atoms with Crippen LogP contribution in [0.4, 0.5) is 0 Å². The van der Waals surface area contributed by atoms with Gasteiger partial charge in [0.1, 0.15) is 0 Å². The summed E-state index contributed by atoms with van der Waals surface area (Å²) in [7, 11) is 0. The van der Waals surface area contributed by atoms with Crippen LogP contribution in [0.2, 0.25) is 0 Å². The number of nitrogens with one attached hydrogen (secondary N) is 2. The van der Waals surface area contributed by atoms with Crippen LogP contribution in [-0.2, 0) is 0 Å². The van der Waals surface area contributed by atoms with Crippen molar-refractivity contribution in [2.45, 2.75) is 6.42 Å². The summed E-state index contributed by atoms with van der Waals surface area (Å²) < 4.78 is 4.05. The molecule has 2 N–H and O–H groups in total. The van der Waals surface area contributed by atoms with Crippen LogP contribution in [0.5, 0.6) is 0 Å². The highest BCUT2D eigenvalue weighted by atomic mass is 127. The van der Waals surface area contributed by atoms with E-state index in [4.69, 9.17) is 11.6 Å². The molecule has 0 aliphatic carbocycles. The van der Waals surface area contributed by atoms with Gasteiger partial charge in [0.15, 0.2) is 0 Å². The predicted molar refractivity (Wildman–Crippen MR) is 62.6 cm³/mol. The number of halogens is 3. The van der Waals surface area contributed by atoms with E-state index in [2.05, 4.69) is 54.3 Å². The predicted octanol–water partition coefficient (Wildman–Crippen LogP) is 2.38. The zero-order chi connectivity index (χ0) is 7.82. The maximum Gasteiger partial charge on any atom is 0.0977 e. The first-order valence-corrected chi connectivity index (χ1v) is 5.52. The highest BCUT2D eigenvalue weighted by molar-refractivity contribution is 14.1. The molecule has 0 saturated heterocycles. The number of hydrogen-bond donors (Lipinski definition) is 2. The second-order valence-corrected chi connectivity index (χ2v) is 3.66. The fourth-order valence-electron chi connectivity index (χ4n) is 0.358. The van der Waals surface area contributed by atoms with Crippen LogP contribution in [-0.4, -0.2) is 12.4 Å². The van der Waals surface area contributed by atoms with Crippen LogP contribution in [0.1, 0.15) is 6.42 Å². The minimum atomic E-state index is 0.717. The van der Waals surface area contributed by atoms with Crippen LogP contribution in [0.15, 0.2) is 9.90 Å². The van der Waals surface area contributed by atoms with E-state index in [-0.39, 0.29) is 0 Å². The SMILES string of the molecule is ClCCCN/C=C(/I)NI. The van der Waals surface area contributed by atoms with Crippen molar-refractivity contribution in [2.24, 2.45) is 0 Å². The van der Waals surface area contributed by atoms with E-state index in [0.717, 1.165) is 22.5 Å². The smallest absolute Gasteiger partial charge is 0.0977 e. The third-order valence-electron chi connectivity index (χ3n) is 0.774. The molecule has 0 heterocycles. The third kappa shape index (κ3) is 7.20. The fourth-order valence-corrected chi connectivity index (χ4v) is 0.867. The molecule has 0 radical (unpaired) electrons. The largest absolute Gasteiger partial charge is 0.389 e. The summed E-state index contributed by atoms with van der Waals surface area (Å²) in [6.45, 7) is 0.939. The van der Waals surface area contributed by atoms with Gasteiger partial charge >= 0.3 is 0 Å². The van der Waals surface area contributed by atoms with Crippen molar-refractivity contribution in [1.29, 1.82) is 0 Å². The minimum absolute atomic E-state index is 0.717. The standard InChI is InChI=1S/C5H9ClI2N2/c6-2-1-3-9-4-5(7)10-8/h4,9-10H,1-3H2/b5-4-. The lowest BCUT2D eigenvalue weighted by Crippen LogP contribution is -2.09. The van der Waals surface area contributed by atoms with Gasteiger partial charge in [0.05, 0.1) is 26.6 Å². The van der Waals surface area contributed by atoms with E-state index in [1.54, 1.807) is 0 Å². The molecule has 0 atom stereocenters. The highest BCUT2D eigenvalue weighted by Gasteiger charge is 1.84. The number of alkyl halides is 1. The molecule has 10 heavy (non-hydrogen) atoms. The monoisotopic (exact) mass is 386 g/mol. The van der Waals surface area contributed by atoms with E-state index >= 15 is 0 Å². The quantitative estimate of drug-likeness (QED) is 0.249. The first kappa shape index (κ1) is 11.1. The molecule has 0 unspecified atom stereocenters. The Kier molecular flexibility index (Phi) is 9.08. The van der Waals surface area contributed by atoms with E-state index in [1.807, 2.05) is 6.20 Å². The molecule has 0 bridgehead atoms. The molecule has 0 spiro atoms. The van der Waals surface area contributed by atoms with Crippen molar-refractivity contribution in [2.75, 3.05) is 12.4 Å². The Morgan fingerprint density at radius 3 is 2.80 bits per heavy atom. The Hall–Kier alpha value is 1.09. The van der Waals surface area contributed by atoms with Crippen molar-refractivity contribution < 1.29 is 0 Å². The Balaban J connectivity index is 3.16. The van der Waals surface area contributed by atoms with Gasteiger partial charge in [-0.1, -0.05) is 0 Å². The van der Waals surface area contributed by atoms with Crippen LogP contribution >= 0.6 is 57.1 Å². The molecule has 2 nitrogen and oxygen atoms in total. The molecule has 0 fully saturated rings. The molecule has 0 rings (SSSR count). The topological polar surface area (TPSA) is 24.1 Å². The molecular formula is C5H9ClI2N2. The van der Waals surface area contributed by atoms with Crippen molar-refractivity contribution in [3.05, 3.63) is 9.90 Å². The second kappa shape index (κ2) is 8.19. The van der Waals surface area contributed by atoms with Crippen LogP contribution in [0.25, 0.3) is 0 Å². The average Bonchev–Trinajstić information content (AvgIpc) is 1.98. The van der Waals surface area contributed by atoms with Gasteiger partial charge in [-0.25, -0.2) is 0 Å². The van der Waals surface area contributed by atoms with Crippen molar-refractivity contribution in [3.63, 3.8) is 0 Å². The van der Waals surface area contributed by atoms with Crippen molar-refractivity contribution in [1.82, 2.24) is 8.85 Å². The van der Waals surface area contributed by atoms with Crippen molar-refractivity contribution >= 4 is 57.1 Å². The fraction of sp³-hybridized carbons (Fsp3) is 0.600. The average molecular weight is 386 g/mol. The number of hydrogen-bond acceptors (Lipinski definition) is 2. The first-order chi connectivity index (χ1) is 4.81. The third-order valence-corrected chi connectivity index (χ3v) is 3.24. The van der Waals surface area contributed by atoms with E-state index in [0.29, 0.717) is 0 Å². The van der Waals surface area contributed by atoms with E-state index in [1.165, 1.54) is 0 Å². The molecule has 0 aromatic heterocycles. The maximum absolute atomic E-state index is 5.47. The molecule has 0 aliphatic heterocycles. The van der Waals surface area contributed by atoms with Gasteiger partial charge in [-0.05, 0) is 29.0 Å². The molecule has 0 aromatic carbocycles. The van der Waals surface area contributed by atoms with Crippen LogP contribution in [0.3, 0.4) is 0 Å².